The van der Waals surface area contributed by atoms with Crippen molar-refractivity contribution in [2.75, 3.05) is 39.6 Å². The number of aliphatic hydroxyl groups is 1. The molecule has 10 heteroatoms. The molecule has 0 amide bonds. The van der Waals surface area contributed by atoms with Crippen LogP contribution in [0.5, 0.6) is 23.0 Å². The Hall–Kier alpha value is -3.95. The Bertz CT molecular complexity index is 2040. The van der Waals surface area contributed by atoms with E-state index in [1.165, 1.54) is 0 Å². The van der Waals surface area contributed by atoms with Crippen molar-refractivity contribution in [1.82, 2.24) is 0 Å². The van der Waals surface area contributed by atoms with Gasteiger partial charge >= 0.3 is 14.6 Å². The second-order valence-corrected chi connectivity index (χ2v) is 16.4. The molecule has 14 rings (SSSR count). The third kappa shape index (κ3) is 7.58. The van der Waals surface area contributed by atoms with Gasteiger partial charge in [0.05, 0.1) is 51.8 Å². The van der Waals surface area contributed by atoms with Crippen LogP contribution in [0.2, 0.25) is 0 Å². The molecule has 0 spiro atoms. The van der Waals surface area contributed by atoms with E-state index >= 15 is 0 Å². The summed E-state index contributed by atoms with van der Waals surface area (Å²) in [6, 6.07) is 21.9. The van der Waals surface area contributed by atoms with E-state index < -0.39 is 13.2 Å². The van der Waals surface area contributed by atoms with E-state index in [-0.39, 0.29) is 24.5 Å². The summed E-state index contributed by atoms with van der Waals surface area (Å²) in [4.78, 5) is 0. The van der Waals surface area contributed by atoms with E-state index in [9.17, 15) is 5.11 Å². The van der Waals surface area contributed by atoms with Crippen LogP contribution in [-0.2, 0) is 14.0 Å². The van der Waals surface area contributed by atoms with E-state index in [0.29, 0.717) is 75.4 Å². The summed E-state index contributed by atoms with van der Waals surface area (Å²) in [5.41, 5.74) is 10.4. The molecule has 1 fully saturated rings. The summed E-state index contributed by atoms with van der Waals surface area (Å²) < 4.78 is 46.7. The molecular weight excluding hydrogens is 702 g/mol. The number of benzene rings is 4. The lowest BCUT2D eigenvalue weighted by Crippen LogP contribution is -2.35. The van der Waals surface area contributed by atoms with E-state index in [2.05, 4.69) is 102 Å². The van der Waals surface area contributed by atoms with E-state index in [0.717, 1.165) is 81.1 Å². The van der Waals surface area contributed by atoms with Gasteiger partial charge in [0, 0.05) is 11.8 Å². The summed E-state index contributed by atoms with van der Waals surface area (Å²) in [6.45, 7) is 15.5. The molecular formula is C46H56B2O8. The summed E-state index contributed by atoms with van der Waals surface area (Å²) in [7, 11) is -0.150. The first-order chi connectivity index (χ1) is 27.3. The molecule has 9 aliphatic heterocycles. The number of aliphatic hydroxyl groups excluding tert-OH is 1. The topological polar surface area (TPSA) is 84.8 Å². The third-order valence-electron chi connectivity index (χ3n) is 12.5. The summed E-state index contributed by atoms with van der Waals surface area (Å²) in [6.07, 6.45) is 3.17. The van der Waals surface area contributed by atoms with Crippen LogP contribution in [0.1, 0.15) is 67.2 Å². The molecule has 8 nitrogen and oxygen atoms in total. The van der Waals surface area contributed by atoms with Gasteiger partial charge in [-0.3, -0.25) is 0 Å². The van der Waals surface area contributed by atoms with Gasteiger partial charge in [-0.25, -0.2) is 0 Å². The molecule has 0 saturated carbocycles. The number of hydrogen-bond acceptors (Lipinski definition) is 8. The minimum absolute atomic E-state index is 0.0392. The molecule has 0 aromatic heterocycles. The predicted molar refractivity (Wildman–Crippen MR) is 225 cm³/mol. The van der Waals surface area contributed by atoms with E-state index in [4.69, 9.17) is 32.9 Å². The van der Waals surface area contributed by atoms with Crippen molar-refractivity contribution in [3.05, 3.63) is 60.7 Å². The highest BCUT2D eigenvalue weighted by molar-refractivity contribution is 6.62. The minimum Gasteiger partial charge on any atom is -0.489 e. The van der Waals surface area contributed by atoms with E-state index in [1.54, 1.807) is 0 Å². The van der Waals surface area contributed by atoms with Gasteiger partial charge in [0.15, 0.2) is 23.0 Å². The average molecular weight is 759 g/mol. The Balaban J connectivity index is 1.46. The van der Waals surface area contributed by atoms with Gasteiger partial charge in [-0.15, -0.1) is 0 Å². The van der Waals surface area contributed by atoms with Gasteiger partial charge in [0.2, 0.25) is 0 Å². The first-order valence-electron chi connectivity index (χ1n) is 21.0. The van der Waals surface area contributed by atoms with Crippen LogP contribution in [-0.4, -0.2) is 71.6 Å². The van der Waals surface area contributed by atoms with Gasteiger partial charge in [0.25, 0.3) is 0 Å². The lowest BCUT2D eigenvalue weighted by molar-refractivity contribution is 0.0470. The summed E-state index contributed by atoms with van der Waals surface area (Å²) in [5, 5.41) is 10.6. The molecule has 56 heavy (non-hydrogen) atoms. The van der Waals surface area contributed by atoms with Crippen LogP contribution in [0, 0.1) is 23.7 Å². The lowest BCUT2D eigenvalue weighted by atomic mass is 9.73. The first kappa shape index (κ1) is 38.9. The van der Waals surface area contributed by atoms with Gasteiger partial charge in [0.1, 0.15) is 0 Å². The SMILES string of the molecule is CCC(C)COc1cc2c3cc1OCC(CC)C(CO)OBc1ccc4c(c1)-c1cc(c(OCC(C)CC)cc1-2)OCC(CC)C1COB(O1)c1ccc-4c-3c1. The van der Waals surface area contributed by atoms with Crippen molar-refractivity contribution in [3.8, 4) is 67.5 Å². The maximum Gasteiger partial charge on any atom is 0.494 e. The van der Waals surface area contributed by atoms with Crippen molar-refractivity contribution in [1.29, 1.82) is 0 Å². The zero-order chi connectivity index (χ0) is 38.9. The van der Waals surface area contributed by atoms with Crippen LogP contribution in [0.4, 0.5) is 0 Å². The largest absolute Gasteiger partial charge is 0.494 e. The standard InChI is InChI=1S/C46H56B2O8/c1-7-27(5)22-50-41-19-39-37-17-43(41)53-25-30(10-4)46-26-54-48(56-46)32-12-14-34-33-13-11-31(15-35(33)37)47-55-45(21-49)29(9-3)24-52-44-18-38(36(34)16-32)40(39)20-42(44)51-23-28(6)8-2/h11-20,27-30,45-47,49H,7-10,21-26H2,1-6H3. The lowest BCUT2D eigenvalue weighted by Gasteiger charge is -2.28. The normalized spacial score (nSPS) is 21.8. The van der Waals surface area contributed by atoms with E-state index in [1.807, 2.05) is 0 Å². The molecule has 0 radical (unpaired) electrons. The van der Waals surface area contributed by atoms with Gasteiger partial charge in [-0.05, 0) is 98.9 Å². The molecule has 4 aromatic rings. The molecule has 6 atom stereocenters. The molecule has 4 aromatic carbocycles. The monoisotopic (exact) mass is 758 g/mol. The molecule has 9 heterocycles. The van der Waals surface area contributed by atoms with Crippen LogP contribution < -0.4 is 29.9 Å². The highest BCUT2D eigenvalue weighted by atomic mass is 16.6. The highest BCUT2D eigenvalue weighted by Crippen LogP contribution is 2.53. The van der Waals surface area contributed by atoms with Crippen LogP contribution >= 0.6 is 0 Å². The Morgan fingerprint density at radius 2 is 1.23 bits per heavy atom. The maximum atomic E-state index is 10.6. The molecule has 14 bridgehead atoms. The van der Waals surface area contributed by atoms with Gasteiger partial charge in [-0.1, -0.05) is 96.2 Å². The number of ether oxygens (including phenoxy) is 4. The second-order valence-electron chi connectivity index (χ2n) is 16.4. The zero-order valence-electron chi connectivity index (χ0n) is 33.9. The fourth-order valence-electron chi connectivity index (χ4n) is 8.22. The third-order valence-corrected chi connectivity index (χ3v) is 12.5. The Morgan fingerprint density at radius 1 is 0.679 bits per heavy atom. The first-order valence-corrected chi connectivity index (χ1v) is 21.0. The number of fused-ring (bicyclic) bond motifs is 4. The molecule has 1 N–H and O–H groups in total. The molecule has 1 aliphatic carbocycles. The van der Waals surface area contributed by atoms with Crippen molar-refractivity contribution in [2.24, 2.45) is 23.7 Å². The van der Waals surface area contributed by atoms with Crippen molar-refractivity contribution in [3.63, 3.8) is 0 Å². The molecule has 294 valence electrons. The highest BCUT2D eigenvalue weighted by Gasteiger charge is 2.39. The fraction of sp³-hybridized carbons (Fsp3) is 0.478. The average Bonchev–Trinajstić information content (AvgIpc) is 3.72. The number of hydrogen-bond donors (Lipinski definition) is 1. The second kappa shape index (κ2) is 16.9. The minimum atomic E-state index is -0.501. The maximum absolute atomic E-state index is 10.6. The predicted octanol–water partition coefficient (Wildman–Crippen LogP) is 7.82. The quantitative estimate of drug-likeness (QED) is 0.137. The van der Waals surface area contributed by atoms with Crippen molar-refractivity contribution in [2.45, 2.75) is 79.4 Å². The fourth-order valence-corrected chi connectivity index (χ4v) is 8.22. The molecule has 10 aliphatic rings. The summed E-state index contributed by atoms with van der Waals surface area (Å²) >= 11 is 0. The van der Waals surface area contributed by atoms with Crippen LogP contribution in [0.3, 0.4) is 0 Å². The van der Waals surface area contributed by atoms with Crippen molar-refractivity contribution >= 4 is 25.5 Å². The Morgan fingerprint density at radius 3 is 1.82 bits per heavy atom. The Kier molecular flexibility index (Phi) is 11.7. The van der Waals surface area contributed by atoms with Crippen LogP contribution in [0.15, 0.2) is 60.7 Å². The summed E-state index contributed by atoms with van der Waals surface area (Å²) in [5.74, 6) is 3.57. The molecule has 1 saturated heterocycles. The smallest absolute Gasteiger partial charge is 0.489 e. The zero-order valence-corrected chi connectivity index (χ0v) is 33.9. The van der Waals surface area contributed by atoms with Crippen LogP contribution in [0.25, 0.3) is 44.5 Å². The van der Waals surface area contributed by atoms with Gasteiger partial charge < -0.3 is 38.0 Å². The van der Waals surface area contributed by atoms with Crippen molar-refractivity contribution < 1.29 is 38.0 Å². The van der Waals surface area contributed by atoms with Gasteiger partial charge in [-0.2, -0.15) is 0 Å². The Labute approximate surface area is 333 Å². The number of rotatable bonds is 11. The molecule has 6 unspecified atom stereocenters.